The number of likely N-dealkylation sites (N-methyl/N-ethyl adjacent to an activating group) is 1. The minimum absolute atomic E-state index is 0.129. The van der Waals surface area contributed by atoms with Gasteiger partial charge in [0.2, 0.25) is 5.91 Å². The van der Waals surface area contributed by atoms with Crippen molar-refractivity contribution in [1.82, 2.24) is 10.2 Å². The van der Waals surface area contributed by atoms with Gasteiger partial charge in [-0.2, -0.15) is 0 Å². The number of benzene rings is 2. The Morgan fingerprint density at radius 2 is 1.89 bits per heavy atom. The Hall–Kier alpha value is -2.93. The first-order valence-electron chi connectivity index (χ1n) is 8.88. The quantitative estimate of drug-likeness (QED) is 0.760. The predicted molar refractivity (Wildman–Crippen MR) is 110 cm³/mol. The molecule has 1 aliphatic rings. The highest BCUT2D eigenvalue weighted by atomic mass is 32.2. The van der Waals surface area contributed by atoms with Crippen LogP contribution in [0.3, 0.4) is 0 Å². The molecule has 0 aliphatic carbocycles. The number of carbonyl (C=O) groups is 2. The van der Waals surface area contributed by atoms with E-state index in [4.69, 9.17) is 0 Å². The van der Waals surface area contributed by atoms with E-state index in [2.05, 4.69) is 10.3 Å². The molecule has 0 aromatic heterocycles. The Morgan fingerprint density at radius 1 is 1.18 bits per heavy atom. The molecule has 3 rings (SSSR count). The van der Waals surface area contributed by atoms with E-state index in [9.17, 15) is 14.0 Å². The van der Waals surface area contributed by atoms with Crippen molar-refractivity contribution in [3.63, 3.8) is 0 Å². The van der Waals surface area contributed by atoms with Gasteiger partial charge in [0, 0.05) is 13.1 Å². The fraction of sp³-hybridized carbons (Fsp3) is 0.190. The number of carbonyl (C=O) groups excluding carboxylic acids is 2. The minimum Gasteiger partial charge on any atom is -0.351 e. The smallest absolute Gasteiger partial charge is 0.278 e. The second kappa shape index (κ2) is 9.32. The Kier molecular flexibility index (Phi) is 6.60. The summed E-state index contributed by atoms with van der Waals surface area (Å²) in [6.07, 6.45) is 1.62. The van der Waals surface area contributed by atoms with Crippen LogP contribution in [0.25, 0.3) is 6.08 Å². The first-order valence-corrected chi connectivity index (χ1v) is 9.86. The maximum absolute atomic E-state index is 13.0. The number of amides is 2. The maximum Gasteiger partial charge on any atom is 0.278 e. The molecule has 0 radical (unpaired) electrons. The summed E-state index contributed by atoms with van der Waals surface area (Å²) >= 11 is 1.22. The van der Waals surface area contributed by atoms with Crippen LogP contribution < -0.4 is 5.32 Å². The number of halogens is 1. The SMILES string of the molecule is CCN1C(=O)/C(=C/c2ccc(F)cc2)N=C1SCC(=O)NCc1ccccc1. The molecule has 1 N–H and O–H groups in total. The molecule has 0 saturated heterocycles. The van der Waals surface area contributed by atoms with Gasteiger partial charge in [-0.25, -0.2) is 9.38 Å². The van der Waals surface area contributed by atoms with Crippen molar-refractivity contribution < 1.29 is 14.0 Å². The zero-order valence-corrected chi connectivity index (χ0v) is 16.2. The van der Waals surface area contributed by atoms with E-state index < -0.39 is 0 Å². The Bertz CT molecular complexity index is 911. The van der Waals surface area contributed by atoms with Gasteiger partial charge in [-0.3, -0.25) is 14.5 Å². The summed E-state index contributed by atoms with van der Waals surface area (Å²) in [5.41, 5.74) is 1.99. The van der Waals surface area contributed by atoms with Crippen LogP contribution >= 0.6 is 11.8 Å². The third-order valence-electron chi connectivity index (χ3n) is 4.07. The van der Waals surface area contributed by atoms with Gasteiger partial charge in [0.1, 0.15) is 11.5 Å². The standard InChI is InChI=1S/C21H20FN3O2S/c1-2-25-20(27)18(12-15-8-10-17(22)11-9-15)24-21(25)28-14-19(26)23-13-16-6-4-3-5-7-16/h3-12H,2,13-14H2,1H3,(H,23,26)/b18-12-. The summed E-state index contributed by atoms with van der Waals surface area (Å²) in [6, 6.07) is 15.5. The maximum atomic E-state index is 13.0. The van der Waals surface area contributed by atoms with Gasteiger partial charge in [-0.15, -0.1) is 0 Å². The first kappa shape index (κ1) is 19.8. The zero-order valence-electron chi connectivity index (χ0n) is 15.4. The minimum atomic E-state index is -0.337. The van der Waals surface area contributed by atoms with Crippen molar-refractivity contribution in [2.45, 2.75) is 13.5 Å². The van der Waals surface area contributed by atoms with Gasteiger partial charge >= 0.3 is 0 Å². The second-order valence-corrected chi connectivity index (χ2v) is 7.02. The second-order valence-electron chi connectivity index (χ2n) is 6.08. The van der Waals surface area contributed by atoms with Crippen LogP contribution in [0.2, 0.25) is 0 Å². The molecular weight excluding hydrogens is 377 g/mol. The highest BCUT2D eigenvalue weighted by molar-refractivity contribution is 8.14. The lowest BCUT2D eigenvalue weighted by Gasteiger charge is -2.14. The van der Waals surface area contributed by atoms with E-state index in [1.54, 1.807) is 18.2 Å². The molecule has 7 heteroatoms. The molecule has 0 saturated carbocycles. The van der Waals surface area contributed by atoms with Crippen LogP contribution in [-0.2, 0) is 16.1 Å². The predicted octanol–water partition coefficient (Wildman–Crippen LogP) is 3.43. The fourth-order valence-electron chi connectivity index (χ4n) is 2.61. The van der Waals surface area contributed by atoms with Crippen LogP contribution in [-0.4, -0.2) is 34.2 Å². The lowest BCUT2D eigenvalue weighted by molar-refractivity contribution is -0.122. The summed E-state index contributed by atoms with van der Waals surface area (Å²) in [5.74, 6) is -0.523. The molecule has 2 aromatic rings. The summed E-state index contributed by atoms with van der Waals surface area (Å²) in [7, 11) is 0. The van der Waals surface area contributed by atoms with E-state index in [0.717, 1.165) is 5.56 Å². The van der Waals surface area contributed by atoms with Gasteiger partial charge in [0.05, 0.1) is 5.75 Å². The lowest BCUT2D eigenvalue weighted by Crippen LogP contribution is -2.32. The van der Waals surface area contributed by atoms with Crippen LogP contribution in [0.5, 0.6) is 0 Å². The molecule has 2 aromatic carbocycles. The van der Waals surface area contributed by atoms with Gasteiger partial charge in [-0.05, 0) is 36.3 Å². The molecule has 144 valence electrons. The van der Waals surface area contributed by atoms with Crippen molar-refractivity contribution in [2.24, 2.45) is 4.99 Å². The average Bonchev–Trinajstić information content (AvgIpc) is 3.01. The zero-order chi connectivity index (χ0) is 19.9. The van der Waals surface area contributed by atoms with E-state index >= 15 is 0 Å². The number of rotatable bonds is 6. The summed E-state index contributed by atoms with van der Waals surface area (Å²) in [4.78, 5) is 30.5. The highest BCUT2D eigenvalue weighted by Gasteiger charge is 2.29. The molecule has 5 nitrogen and oxygen atoms in total. The van der Waals surface area contributed by atoms with Crippen LogP contribution in [0.4, 0.5) is 4.39 Å². The van der Waals surface area contributed by atoms with Crippen molar-refractivity contribution in [3.05, 3.63) is 77.2 Å². The third-order valence-corrected chi connectivity index (χ3v) is 5.04. The molecule has 28 heavy (non-hydrogen) atoms. The largest absolute Gasteiger partial charge is 0.351 e. The molecule has 0 spiro atoms. The first-order chi connectivity index (χ1) is 13.6. The van der Waals surface area contributed by atoms with E-state index in [1.165, 1.54) is 28.8 Å². The lowest BCUT2D eigenvalue weighted by atomic mass is 10.2. The third kappa shape index (κ3) is 5.07. The summed E-state index contributed by atoms with van der Waals surface area (Å²) in [6.45, 7) is 2.76. The van der Waals surface area contributed by atoms with Gasteiger partial charge in [0.15, 0.2) is 5.17 Å². The van der Waals surface area contributed by atoms with Gasteiger partial charge in [0.25, 0.3) is 5.91 Å². The fourth-order valence-corrected chi connectivity index (χ4v) is 3.51. The van der Waals surface area contributed by atoms with Crippen LogP contribution in [0, 0.1) is 5.82 Å². The van der Waals surface area contributed by atoms with Crippen molar-refractivity contribution in [3.8, 4) is 0 Å². The molecule has 0 fully saturated rings. The Balaban J connectivity index is 1.62. The van der Waals surface area contributed by atoms with Crippen molar-refractivity contribution in [2.75, 3.05) is 12.3 Å². The molecule has 0 atom stereocenters. The monoisotopic (exact) mass is 397 g/mol. The summed E-state index contributed by atoms with van der Waals surface area (Å²) in [5, 5.41) is 3.35. The van der Waals surface area contributed by atoms with Crippen LogP contribution in [0.15, 0.2) is 65.3 Å². The average molecular weight is 397 g/mol. The number of hydrogen-bond donors (Lipinski definition) is 1. The van der Waals surface area contributed by atoms with E-state index in [-0.39, 0.29) is 29.1 Å². The van der Waals surface area contributed by atoms with Gasteiger partial charge < -0.3 is 5.32 Å². The number of hydrogen-bond acceptors (Lipinski definition) is 4. The van der Waals surface area contributed by atoms with E-state index in [0.29, 0.717) is 23.8 Å². The number of nitrogens with zero attached hydrogens (tertiary/aromatic N) is 2. The van der Waals surface area contributed by atoms with E-state index in [1.807, 2.05) is 37.3 Å². The highest BCUT2D eigenvalue weighted by Crippen LogP contribution is 2.23. The van der Waals surface area contributed by atoms with Crippen LogP contribution in [0.1, 0.15) is 18.1 Å². The molecule has 0 bridgehead atoms. The van der Waals surface area contributed by atoms with Crippen molar-refractivity contribution in [1.29, 1.82) is 0 Å². The van der Waals surface area contributed by atoms with Crippen molar-refractivity contribution >= 4 is 34.8 Å². The molecule has 1 heterocycles. The topological polar surface area (TPSA) is 61.8 Å². The molecule has 1 aliphatic heterocycles. The van der Waals surface area contributed by atoms with Gasteiger partial charge in [-0.1, -0.05) is 54.2 Å². The number of nitrogens with one attached hydrogen (secondary N) is 1. The number of aliphatic imine (C=N–C) groups is 1. The summed E-state index contributed by atoms with van der Waals surface area (Å²) < 4.78 is 13.0. The Morgan fingerprint density at radius 3 is 2.57 bits per heavy atom. The molecule has 2 amide bonds. The molecular formula is C21H20FN3O2S. The number of amidine groups is 1. The Labute approximate surface area is 167 Å². The normalized spacial score (nSPS) is 15.1. The number of thioether (sulfide) groups is 1. The molecule has 0 unspecified atom stereocenters.